The maximum Gasteiger partial charge on any atom is 0.357 e. The molecule has 17 heavy (non-hydrogen) atoms. The Morgan fingerprint density at radius 2 is 2.24 bits per heavy atom. The summed E-state index contributed by atoms with van der Waals surface area (Å²) in [6.45, 7) is 2.24. The van der Waals surface area contributed by atoms with Gasteiger partial charge in [-0.1, -0.05) is 26.2 Å². The quantitative estimate of drug-likeness (QED) is 0.813. The van der Waals surface area contributed by atoms with Crippen molar-refractivity contribution in [1.29, 1.82) is 0 Å². The van der Waals surface area contributed by atoms with E-state index in [-0.39, 0.29) is 5.69 Å². The van der Waals surface area contributed by atoms with Gasteiger partial charge in [0.25, 0.3) is 0 Å². The van der Waals surface area contributed by atoms with Crippen molar-refractivity contribution >= 4 is 22.3 Å². The second-order valence-corrected chi connectivity index (χ2v) is 5.56. The van der Waals surface area contributed by atoms with Crippen LogP contribution in [0.1, 0.15) is 49.5 Å². The lowest BCUT2D eigenvalue weighted by Crippen LogP contribution is -2.26. The largest absolute Gasteiger partial charge is 0.476 e. The summed E-state index contributed by atoms with van der Waals surface area (Å²) in [5.74, 6) is -0.351. The fraction of sp³-hybridized carbons (Fsp3) is 0.667. The molecule has 0 amide bonds. The summed E-state index contributed by atoms with van der Waals surface area (Å²) in [6, 6.07) is 0.385. The first kappa shape index (κ1) is 12.4. The van der Waals surface area contributed by atoms with E-state index in [9.17, 15) is 4.79 Å². The van der Waals surface area contributed by atoms with Gasteiger partial charge in [-0.2, -0.15) is 0 Å². The van der Waals surface area contributed by atoms with E-state index < -0.39 is 5.97 Å². The van der Waals surface area contributed by atoms with Crippen LogP contribution in [-0.2, 0) is 0 Å². The smallest absolute Gasteiger partial charge is 0.357 e. The van der Waals surface area contributed by atoms with Crippen LogP contribution in [0.15, 0.2) is 5.51 Å². The van der Waals surface area contributed by atoms with Crippen LogP contribution in [0.5, 0.6) is 0 Å². The van der Waals surface area contributed by atoms with Crippen molar-refractivity contribution in [3.63, 3.8) is 0 Å². The second-order valence-electron chi connectivity index (χ2n) is 4.70. The summed E-state index contributed by atoms with van der Waals surface area (Å²) < 4.78 is 0. The average Bonchev–Trinajstić information content (AvgIpc) is 2.66. The number of hydrogen-bond donors (Lipinski definition) is 2. The first-order valence-corrected chi connectivity index (χ1v) is 6.99. The number of carboxylic acids is 1. The van der Waals surface area contributed by atoms with Crippen molar-refractivity contribution in [3.8, 4) is 0 Å². The van der Waals surface area contributed by atoms with Gasteiger partial charge in [-0.3, -0.25) is 0 Å². The van der Waals surface area contributed by atoms with Gasteiger partial charge in [0.2, 0.25) is 0 Å². The minimum absolute atomic E-state index is 0.159. The van der Waals surface area contributed by atoms with Crippen molar-refractivity contribution in [1.82, 2.24) is 4.98 Å². The Bertz CT molecular complexity index is 392. The molecule has 1 aliphatic carbocycles. The zero-order chi connectivity index (χ0) is 12.3. The van der Waals surface area contributed by atoms with Gasteiger partial charge in [-0.25, -0.2) is 9.78 Å². The number of hydrogen-bond acceptors (Lipinski definition) is 4. The molecule has 2 atom stereocenters. The van der Waals surface area contributed by atoms with Gasteiger partial charge in [0, 0.05) is 6.04 Å². The van der Waals surface area contributed by atoms with E-state index in [0.29, 0.717) is 17.0 Å². The summed E-state index contributed by atoms with van der Waals surface area (Å²) in [6.07, 6.45) is 6.14. The fourth-order valence-corrected chi connectivity index (χ4v) is 3.11. The molecule has 0 aromatic carbocycles. The Hall–Kier alpha value is -1.10. The topological polar surface area (TPSA) is 62.2 Å². The summed E-state index contributed by atoms with van der Waals surface area (Å²) in [5.41, 5.74) is 1.75. The van der Waals surface area contributed by atoms with Crippen molar-refractivity contribution < 1.29 is 9.90 Å². The summed E-state index contributed by atoms with van der Waals surface area (Å²) in [5, 5.41) is 13.1. The van der Waals surface area contributed by atoms with E-state index in [2.05, 4.69) is 17.2 Å². The predicted octanol–water partition coefficient (Wildman–Crippen LogP) is 3.22. The highest BCUT2D eigenvalue weighted by atomic mass is 32.1. The average molecular weight is 254 g/mol. The van der Waals surface area contributed by atoms with Crippen molar-refractivity contribution in [3.05, 3.63) is 11.2 Å². The van der Waals surface area contributed by atoms with Gasteiger partial charge in [0.1, 0.15) is 5.00 Å². The Morgan fingerprint density at radius 3 is 3.00 bits per heavy atom. The van der Waals surface area contributed by atoms with Crippen LogP contribution in [0.25, 0.3) is 0 Å². The first-order chi connectivity index (χ1) is 8.18. The molecule has 2 N–H and O–H groups in total. The van der Waals surface area contributed by atoms with Gasteiger partial charge in [-0.15, -0.1) is 11.3 Å². The van der Waals surface area contributed by atoms with E-state index in [1.54, 1.807) is 5.51 Å². The number of nitrogens with one attached hydrogen (secondary N) is 1. The van der Waals surface area contributed by atoms with E-state index >= 15 is 0 Å². The molecule has 0 bridgehead atoms. The molecule has 0 saturated heterocycles. The van der Waals surface area contributed by atoms with Gasteiger partial charge in [-0.05, 0) is 18.8 Å². The number of aromatic carboxylic acids is 1. The Labute approximate surface area is 105 Å². The van der Waals surface area contributed by atoms with Crippen LogP contribution >= 0.6 is 11.3 Å². The normalized spacial score (nSPS) is 25.2. The molecule has 2 rings (SSSR count). The van der Waals surface area contributed by atoms with Crippen molar-refractivity contribution in [2.24, 2.45) is 5.92 Å². The molecular formula is C12H18N2O2S. The molecule has 1 saturated carbocycles. The number of carboxylic acid groups (broad SMARTS) is 1. The van der Waals surface area contributed by atoms with E-state index in [1.165, 1.54) is 37.0 Å². The second kappa shape index (κ2) is 5.49. The highest BCUT2D eigenvalue weighted by Gasteiger charge is 2.22. The molecule has 1 aliphatic rings. The van der Waals surface area contributed by atoms with Crippen LogP contribution in [0.2, 0.25) is 0 Å². The maximum atomic E-state index is 11.0. The Morgan fingerprint density at radius 1 is 1.47 bits per heavy atom. The molecule has 2 unspecified atom stereocenters. The summed E-state index contributed by atoms with van der Waals surface area (Å²) in [7, 11) is 0. The third-order valence-corrected chi connectivity index (χ3v) is 4.21. The van der Waals surface area contributed by atoms with Gasteiger partial charge < -0.3 is 10.4 Å². The number of nitrogens with zero attached hydrogens (tertiary/aromatic N) is 1. The van der Waals surface area contributed by atoms with Crippen LogP contribution in [0.4, 0.5) is 5.00 Å². The molecule has 1 aromatic heterocycles. The SMILES string of the molecule is CC1CCCCCC1Nc1scnc1C(=O)O. The van der Waals surface area contributed by atoms with Crippen molar-refractivity contribution in [2.75, 3.05) is 5.32 Å². The number of aromatic nitrogens is 1. The van der Waals surface area contributed by atoms with Crippen molar-refractivity contribution in [2.45, 2.75) is 45.1 Å². The molecule has 0 spiro atoms. The fourth-order valence-electron chi connectivity index (χ4n) is 2.38. The molecule has 94 valence electrons. The van der Waals surface area contributed by atoms with E-state index in [4.69, 9.17) is 5.11 Å². The molecule has 0 aliphatic heterocycles. The third kappa shape index (κ3) is 2.97. The highest BCUT2D eigenvalue weighted by molar-refractivity contribution is 7.14. The van der Waals surface area contributed by atoms with Crippen LogP contribution < -0.4 is 5.32 Å². The lowest BCUT2D eigenvalue weighted by molar-refractivity contribution is 0.0692. The number of carbonyl (C=O) groups is 1. The number of rotatable bonds is 3. The van der Waals surface area contributed by atoms with Crippen LogP contribution in [0.3, 0.4) is 0 Å². The lowest BCUT2D eigenvalue weighted by atomic mass is 9.97. The molecule has 4 nitrogen and oxygen atoms in total. The van der Waals surface area contributed by atoms with Gasteiger partial charge in [0.15, 0.2) is 5.69 Å². The standard InChI is InChI=1S/C12H18N2O2S/c1-8-5-3-2-4-6-9(8)14-11-10(12(15)16)13-7-17-11/h7-9,14H,2-6H2,1H3,(H,15,16). The lowest BCUT2D eigenvalue weighted by Gasteiger charge is -2.23. The third-order valence-electron chi connectivity index (χ3n) is 3.45. The zero-order valence-corrected chi connectivity index (χ0v) is 10.8. The number of anilines is 1. The zero-order valence-electron chi connectivity index (χ0n) is 9.98. The van der Waals surface area contributed by atoms with Gasteiger partial charge in [0.05, 0.1) is 5.51 Å². The monoisotopic (exact) mass is 254 g/mol. The molecule has 5 heteroatoms. The van der Waals surface area contributed by atoms with E-state index in [1.807, 2.05) is 0 Å². The Balaban J connectivity index is 2.08. The molecule has 1 heterocycles. The Kier molecular flexibility index (Phi) is 3.99. The summed E-state index contributed by atoms with van der Waals surface area (Å²) in [4.78, 5) is 14.9. The minimum Gasteiger partial charge on any atom is -0.476 e. The predicted molar refractivity (Wildman–Crippen MR) is 68.7 cm³/mol. The van der Waals surface area contributed by atoms with Gasteiger partial charge >= 0.3 is 5.97 Å². The van der Waals surface area contributed by atoms with Crippen LogP contribution in [0, 0.1) is 5.92 Å². The minimum atomic E-state index is -0.949. The molecular weight excluding hydrogens is 236 g/mol. The summed E-state index contributed by atoms with van der Waals surface area (Å²) >= 11 is 1.38. The maximum absolute atomic E-state index is 11.0. The molecule has 1 fully saturated rings. The molecule has 1 aromatic rings. The number of thiazole rings is 1. The first-order valence-electron chi connectivity index (χ1n) is 6.12. The van der Waals surface area contributed by atoms with Crippen LogP contribution in [-0.4, -0.2) is 22.1 Å². The molecule has 0 radical (unpaired) electrons. The van der Waals surface area contributed by atoms with E-state index in [0.717, 1.165) is 6.42 Å². The highest BCUT2D eigenvalue weighted by Crippen LogP contribution is 2.29.